The molecule has 0 amide bonds. The largest absolute Gasteiger partial charge is 0.437 e. The van der Waals surface area contributed by atoms with Crippen molar-refractivity contribution in [3.05, 3.63) is 66.2 Å². The molecule has 0 unspecified atom stereocenters. The number of aryl methyl sites for hydroxylation is 1. The first-order chi connectivity index (χ1) is 19.2. The molecule has 2 atom stereocenters. The molecule has 2 aromatic carbocycles. The molecule has 0 bridgehead atoms. The molecule has 0 spiro atoms. The number of benzene rings is 2. The van der Waals surface area contributed by atoms with Gasteiger partial charge < -0.3 is 25.8 Å². The van der Waals surface area contributed by atoms with Gasteiger partial charge >= 0.3 is 6.18 Å². The van der Waals surface area contributed by atoms with Crippen LogP contribution in [0.4, 0.5) is 29.2 Å². The smallest absolute Gasteiger partial charge is 0.416 e. The number of rotatable bonds is 8. The minimum absolute atomic E-state index is 0.171. The number of aliphatic hydroxyl groups excluding tert-OH is 1. The lowest BCUT2D eigenvalue weighted by Gasteiger charge is -2.23. The quantitative estimate of drug-likeness (QED) is 0.213. The van der Waals surface area contributed by atoms with E-state index >= 15 is 0 Å². The van der Waals surface area contributed by atoms with Crippen LogP contribution in [-0.2, 0) is 0 Å². The summed E-state index contributed by atoms with van der Waals surface area (Å²) in [5, 5.41) is 19.3. The Kier molecular flexibility index (Phi) is 7.99. The van der Waals surface area contributed by atoms with E-state index in [1.165, 1.54) is 6.07 Å². The Bertz CT molecular complexity index is 1490. The Balaban J connectivity index is 1.47. The molecular formula is C28H28F4N6O2. The third-order valence-electron chi connectivity index (χ3n) is 6.68. The first kappa shape index (κ1) is 27.5. The lowest BCUT2D eigenvalue weighted by molar-refractivity contribution is -0.198. The highest BCUT2D eigenvalue weighted by Crippen LogP contribution is 2.39. The number of nitrogens with one attached hydrogen (secondary N) is 3. The summed E-state index contributed by atoms with van der Waals surface area (Å²) < 4.78 is 59.5. The SMILES string of the molecule is Cc1ccc2c(NC[C@H](O)C(F)(F)F)c(F)ccc2c1Oc1ncccc1-c1ccnc(N[C@H]2CCCNC2)n1. The van der Waals surface area contributed by atoms with E-state index in [0.717, 1.165) is 32.0 Å². The van der Waals surface area contributed by atoms with E-state index in [9.17, 15) is 22.7 Å². The molecule has 0 radical (unpaired) electrons. The van der Waals surface area contributed by atoms with Crippen molar-refractivity contribution in [3.8, 4) is 22.9 Å². The van der Waals surface area contributed by atoms with Crippen molar-refractivity contribution >= 4 is 22.4 Å². The van der Waals surface area contributed by atoms with Crippen molar-refractivity contribution in [1.82, 2.24) is 20.3 Å². The number of pyridine rings is 1. The molecule has 0 saturated carbocycles. The summed E-state index contributed by atoms with van der Waals surface area (Å²) in [7, 11) is 0. The van der Waals surface area contributed by atoms with Crippen LogP contribution in [0.2, 0.25) is 0 Å². The highest BCUT2D eigenvalue weighted by molar-refractivity contribution is 5.99. The van der Waals surface area contributed by atoms with Crippen molar-refractivity contribution in [3.63, 3.8) is 0 Å². The number of nitrogens with zero attached hydrogens (tertiary/aromatic N) is 3. The third-order valence-corrected chi connectivity index (χ3v) is 6.68. The Morgan fingerprint density at radius 3 is 2.70 bits per heavy atom. The van der Waals surface area contributed by atoms with Gasteiger partial charge in [0, 0.05) is 42.3 Å². The monoisotopic (exact) mass is 556 g/mol. The topological polar surface area (TPSA) is 104 Å². The molecule has 5 rings (SSSR count). The average molecular weight is 557 g/mol. The number of hydrogen-bond donors (Lipinski definition) is 4. The van der Waals surface area contributed by atoms with Crippen molar-refractivity contribution in [1.29, 1.82) is 0 Å². The van der Waals surface area contributed by atoms with Gasteiger partial charge in [-0.3, -0.25) is 0 Å². The van der Waals surface area contributed by atoms with E-state index < -0.39 is 24.6 Å². The second-order valence-corrected chi connectivity index (χ2v) is 9.58. The van der Waals surface area contributed by atoms with Gasteiger partial charge in [-0.05, 0) is 62.2 Å². The Labute approximate surface area is 227 Å². The van der Waals surface area contributed by atoms with Crippen LogP contribution < -0.4 is 20.7 Å². The molecule has 1 fully saturated rings. The van der Waals surface area contributed by atoms with Gasteiger partial charge in [-0.25, -0.2) is 19.3 Å². The van der Waals surface area contributed by atoms with Gasteiger partial charge in [0.1, 0.15) is 11.6 Å². The van der Waals surface area contributed by atoms with E-state index in [-0.39, 0.29) is 17.6 Å². The molecule has 4 aromatic rings. The summed E-state index contributed by atoms with van der Waals surface area (Å²) in [6, 6.07) is 11.4. The summed E-state index contributed by atoms with van der Waals surface area (Å²) in [6.07, 6.45) is -2.20. The standard InChI is InChI=1S/C28H28F4N6O2/c1-16-6-7-18-19(8-9-21(29)24(18)36-15-23(39)28(30,31)32)25(16)40-26-20(5-3-12-34-26)22-10-13-35-27(38-22)37-17-4-2-11-33-14-17/h3,5-10,12-13,17,23,33,36,39H,2,4,11,14-15H2,1H3,(H,35,37,38)/t17-,23-/m0/s1. The molecule has 1 saturated heterocycles. The lowest BCUT2D eigenvalue weighted by Crippen LogP contribution is -2.38. The Morgan fingerprint density at radius 1 is 1.10 bits per heavy atom. The van der Waals surface area contributed by atoms with Crippen molar-refractivity contribution in [2.45, 2.75) is 38.1 Å². The number of alkyl halides is 3. The van der Waals surface area contributed by atoms with Gasteiger partial charge in [0.15, 0.2) is 6.10 Å². The van der Waals surface area contributed by atoms with E-state index in [4.69, 9.17) is 4.74 Å². The maximum atomic E-state index is 14.7. The first-order valence-corrected chi connectivity index (χ1v) is 12.8. The van der Waals surface area contributed by atoms with E-state index in [1.54, 1.807) is 43.6 Å². The molecule has 210 valence electrons. The Morgan fingerprint density at radius 2 is 1.93 bits per heavy atom. The van der Waals surface area contributed by atoms with E-state index in [0.29, 0.717) is 39.3 Å². The maximum absolute atomic E-state index is 14.7. The van der Waals surface area contributed by atoms with Crippen molar-refractivity contribution in [2.24, 2.45) is 0 Å². The predicted molar refractivity (Wildman–Crippen MR) is 144 cm³/mol. The molecule has 40 heavy (non-hydrogen) atoms. The second-order valence-electron chi connectivity index (χ2n) is 9.58. The van der Waals surface area contributed by atoms with Crippen LogP contribution in [0.3, 0.4) is 0 Å². The highest BCUT2D eigenvalue weighted by Gasteiger charge is 2.38. The second kappa shape index (κ2) is 11.6. The van der Waals surface area contributed by atoms with E-state index in [2.05, 4.69) is 30.9 Å². The minimum Gasteiger partial charge on any atom is -0.437 e. The molecule has 3 heterocycles. The summed E-state index contributed by atoms with van der Waals surface area (Å²) in [5.74, 6) is 0.324. The lowest BCUT2D eigenvalue weighted by atomic mass is 10.0. The van der Waals surface area contributed by atoms with Gasteiger partial charge in [-0.2, -0.15) is 13.2 Å². The number of halogens is 4. The van der Waals surface area contributed by atoms with Gasteiger partial charge in [0.2, 0.25) is 11.8 Å². The van der Waals surface area contributed by atoms with E-state index in [1.807, 2.05) is 6.07 Å². The maximum Gasteiger partial charge on any atom is 0.416 e. The fraction of sp³-hybridized carbons (Fsp3) is 0.321. The van der Waals surface area contributed by atoms with Crippen LogP contribution in [0.1, 0.15) is 18.4 Å². The normalized spacial score (nSPS) is 16.5. The number of fused-ring (bicyclic) bond motifs is 1. The van der Waals surface area contributed by atoms with Crippen LogP contribution >= 0.6 is 0 Å². The van der Waals surface area contributed by atoms with Gasteiger partial charge in [0.25, 0.3) is 0 Å². The molecule has 12 heteroatoms. The number of ether oxygens (including phenoxy) is 1. The fourth-order valence-electron chi connectivity index (χ4n) is 4.59. The molecule has 4 N–H and O–H groups in total. The molecule has 1 aliphatic heterocycles. The number of hydrogen-bond acceptors (Lipinski definition) is 8. The summed E-state index contributed by atoms with van der Waals surface area (Å²) in [6.45, 7) is 2.70. The molecular weight excluding hydrogens is 528 g/mol. The van der Waals surface area contributed by atoms with Gasteiger partial charge in [0.05, 0.1) is 16.9 Å². The summed E-state index contributed by atoms with van der Waals surface area (Å²) in [4.78, 5) is 13.4. The van der Waals surface area contributed by atoms with Crippen LogP contribution in [0.15, 0.2) is 54.9 Å². The predicted octanol–water partition coefficient (Wildman–Crippen LogP) is 5.43. The Hall–Kier alpha value is -4.03. The number of aromatic nitrogens is 3. The van der Waals surface area contributed by atoms with Crippen LogP contribution in [0.5, 0.6) is 11.6 Å². The van der Waals surface area contributed by atoms with Gasteiger partial charge in [-0.1, -0.05) is 12.1 Å². The van der Waals surface area contributed by atoms with Crippen LogP contribution in [0, 0.1) is 12.7 Å². The average Bonchev–Trinajstić information content (AvgIpc) is 2.94. The zero-order valence-corrected chi connectivity index (χ0v) is 21.6. The summed E-state index contributed by atoms with van der Waals surface area (Å²) in [5.41, 5.74) is 1.71. The molecule has 0 aliphatic carbocycles. The fourth-order valence-corrected chi connectivity index (χ4v) is 4.59. The molecule has 8 nitrogen and oxygen atoms in total. The molecule has 1 aliphatic rings. The first-order valence-electron chi connectivity index (χ1n) is 12.8. The number of piperidine rings is 1. The third kappa shape index (κ3) is 6.07. The zero-order valence-electron chi connectivity index (χ0n) is 21.6. The molecule has 2 aromatic heterocycles. The van der Waals surface area contributed by atoms with Crippen LogP contribution in [-0.4, -0.2) is 58.0 Å². The number of anilines is 2. The zero-order chi connectivity index (χ0) is 28.3. The minimum atomic E-state index is -4.84. The van der Waals surface area contributed by atoms with Crippen molar-refractivity contribution < 1.29 is 27.4 Å². The van der Waals surface area contributed by atoms with Crippen LogP contribution in [0.25, 0.3) is 22.0 Å². The highest BCUT2D eigenvalue weighted by atomic mass is 19.4. The summed E-state index contributed by atoms with van der Waals surface area (Å²) >= 11 is 0. The van der Waals surface area contributed by atoms with Crippen molar-refractivity contribution in [2.75, 3.05) is 30.3 Å². The van der Waals surface area contributed by atoms with Gasteiger partial charge in [-0.15, -0.1) is 0 Å². The number of aliphatic hydroxyl groups is 1.